The molecule has 5 heteroatoms. The van der Waals surface area contributed by atoms with Gasteiger partial charge < -0.3 is 14.6 Å². The Balaban J connectivity index is 2.51. The summed E-state index contributed by atoms with van der Waals surface area (Å²) in [5.74, 6) is 0.707. The highest BCUT2D eigenvalue weighted by Crippen LogP contribution is 2.35. The topological polar surface area (TPSA) is 72.8 Å². The van der Waals surface area contributed by atoms with Crippen molar-refractivity contribution in [2.75, 3.05) is 13.2 Å². The number of Topliss-reactive ketones (excluding diaryl/α,β-unsaturated/α-hetero) is 1. The van der Waals surface area contributed by atoms with Crippen molar-refractivity contribution in [3.05, 3.63) is 0 Å². The number of esters is 1. The average molecular weight is 357 g/mol. The van der Waals surface area contributed by atoms with Gasteiger partial charge in [0.15, 0.2) is 5.60 Å². The van der Waals surface area contributed by atoms with E-state index in [-0.39, 0.29) is 18.5 Å². The number of carbonyl (C=O) groups is 2. The maximum absolute atomic E-state index is 12.2. The van der Waals surface area contributed by atoms with E-state index in [0.29, 0.717) is 24.4 Å². The third-order valence-corrected chi connectivity index (χ3v) is 6.10. The van der Waals surface area contributed by atoms with E-state index < -0.39 is 17.0 Å². The first kappa shape index (κ1) is 22.1. The van der Waals surface area contributed by atoms with Crippen LogP contribution in [0.4, 0.5) is 0 Å². The van der Waals surface area contributed by atoms with Crippen molar-refractivity contribution in [1.82, 2.24) is 0 Å². The Morgan fingerprint density at radius 1 is 1.16 bits per heavy atom. The number of hydrogen-bond donors (Lipinski definition) is 1. The molecular formula is C20H36O5. The molecule has 4 atom stereocenters. The minimum atomic E-state index is -1.86. The maximum Gasteiger partial charge on any atom is 0.338 e. The van der Waals surface area contributed by atoms with Crippen LogP contribution in [0.15, 0.2) is 0 Å². The molecule has 1 saturated carbocycles. The first-order valence-electron chi connectivity index (χ1n) is 9.43. The summed E-state index contributed by atoms with van der Waals surface area (Å²) in [7, 11) is 0. The summed E-state index contributed by atoms with van der Waals surface area (Å²) in [6.45, 7) is 12.9. The monoisotopic (exact) mass is 356 g/mol. The van der Waals surface area contributed by atoms with Crippen molar-refractivity contribution in [3.8, 4) is 0 Å². The molecule has 0 radical (unpaired) electrons. The van der Waals surface area contributed by atoms with Crippen LogP contribution in [-0.4, -0.2) is 41.8 Å². The van der Waals surface area contributed by atoms with Crippen LogP contribution in [-0.2, 0) is 19.1 Å². The van der Waals surface area contributed by atoms with Gasteiger partial charge in [0.05, 0.1) is 18.1 Å². The van der Waals surface area contributed by atoms with Gasteiger partial charge in [-0.05, 0) is 58.3 Å². The largest absolute Gasteiger partial charge is 0.461 e. The molecule has 0 amide bonds. The molecule has 0 bridgehead atoms. The summed E-state index contributed by atoms with van der Waals surface area (Å²) in [4.78, 5) is 23.9. The zero-order valence-electron chi connectivity index (χ0n) is 16.9. The summed E-state index contributed by atoms with van der Waals surface area (Å²) in [5.41, 5.74) is -3.06. The number of hydrogen-bond acceptors (Lipinski definition) is 5. The van der Waals surface area contributed by atoms with Crippen LogP contribution in [0.2, 0.25) is 0 Å². The lowest BCUT2D eigenvalue weighted by molar-refractivity contribution is -0.181. The highest BCUT2D eigenvalue weighted by Gasteiger charge is 2.50. The minimum Gasteiger partial charge on any atom is -0.461 e. The number of carbonyl (C=O) groups excluding carboxylic acids is 2. The number of rotatable bonds is 8. The van der Waals surface area contributed by atoms with Gasteiger partial charge in [-0.2, -0.15) is 0 Å². The van der Waals surface area contributed by atoms with Crippen LogP contribution in [0.25, 0.3) is 0 Å². The van der Waals surface area contributed by atoms with E-state index in [1.165, 1.54) is 26.7 Å². The maximum atomic E-state index is 12.2. The predicted octanol–water partition coefficient (Wildman–Crippen LogP) is 3.37. The molecule has 0 aromatic heterocycles. The quantitative estimate of drug-likeness (QED) is 0.533. The second-order valence-corrected chi connectivity index (χ2v) is 8.62. The van der Waals surface area contributed by atoms with Gasteiger partial charge in [0.2, 0.25) is 0 Å². The molecule has 0 aromatic rings. The van der Waals surface area contributed by atoms with E-state index in [2.05, 4.69) is 20.8 Å². The molecule has 4 unspecified atom stereocenters. The van der Waals surface area contributed by atoms with Gasteiger partial charge in [-0.25, -0.2) is 4.79 Å². The molecular weight excluding hydrogens is 320 g/mol. The summed E-state index contributed by atoms with van der Waals surface area (Å²) < 4.78 is 11.2. The van der Waals surface area contributed by atoms with Gasteiger partial charge >= 0.3 is 5.97 Å². The van der Waals surface area contributed by atoms with Crippen molar-refractivity contribution in [2.24, 2.45) is 23.2 Å². The molecule has 0 aromatic carbocycles. The lowest BCUT2D eigenvalue weighted by Gasteiger charge is -2.37. The molecule has 0 spiro atoms. The fourth-order valence-electron chi connectivity index (χ4n) is 3.38. The third kappa shape index (κ3) is 5.27. The first-order chi connectivity index (χ1) is 11.4. The Morgan fingerprint density at radius 2 is 1.76 bits per heavy atom. The highest BCUT2D eigenvalue weighted by atomic mass is 16.6. The predicted molar refractivity (Wildman–Crippen MR) is 97.1 cm³/mol. The summed E-state index contributed by atoms with van der Waals surface area (Å²) in [6.07, 6.45) is 3.63. The molecule has 1 N–H and O–H groups in total. The molecule has 1 aliphatic carbocycles. The van der Waals surface area contributed by atoms with E-state index in [1.54, 1.807) is 13.8 Å². The normalized spacial score (nSPS) is 27.0. The summed E-state index contributed by atoms with van der Waals surface area (Å²) >= 11 is 0. The molecule has 25 heavy (non-hydrogen) atoms. The second kappa shape index (κ2) is 8.63. The van der Waals surface area contributed by atoms with Gasteiger partial charge in [0.25, 0.3) is 0 Å². The lowest BCUT2D eigenvalue weighted by Crippen LogP contribution is -2.53. The van der Waals surface area contributed by atoms with Crippen LogP contribution < -0.4 is 0 Å². The van der Waals surface area contributed by atoms with Crippen LogP contribution in [0.3, 0.4) is 0 Å². The molecule has 1 rings (SSSR count). The van der Waals surface area contributed by atoms with Gasteiger partial charge in [0, 0.05) is 0 Å². The van der Waals surface area contributed by atoms with Crippen LogP contribution in [0.5, 0.6) is 0 Å². The van der Waals surface area contributed by atoms with Crippen molar-refractivity contribution in [2.45, 2.75) is 79.4 Å². The molecule has 0 saturated heterocycles. The van der Waals surface area contributed by atoms with E-state index in [0.717, 1.165) is 6.42 Å². The van der Waals surface area contributed by atoms with Crippen molar-refractivity contribution >= 4 is 11.8 Å². The van der Waals surface area contributed by atoms with Gasteiger partial charge in [0.1, 0.15) is 12.4 Å². The average Bonchev–Trinajstić information content (AvgIpc) is 2.50. The Bertz CT molecular complexity index is 467. The summed E-state index contributed by atoms with van der Waals surface area (Å²) in [6, 6.07) is 0. The number of ether oxygens (including phenoxy) is 2. The number of aliphatic hydroxyl groups is 1. The number of ketones is 1. The minimum absolute atomic E-state index is 0.0820. The van der Waals surface area contributed by atoms with Gasteiger partial charge in [-0.15, -0.1) is 0 Å². The second-order valence-electron chi connectivity index (χ2n) is 8.62. The summed E-state index contributed by atoms with van der Waals surface area (Å²) in [5, 5.41) is 10.4. The molecule has 1 fully saturated rings. The zero-order valence-corrected chi connectivity index (χ0v) is 16.9. The molecule has 0 aliphatic heterocycles. The molecule has 1 aliphatic rings. The standard InChI is InChI=1S/C20H36O5/c1-13(2)16-9-8-14(3)12-17(16)24-10-11-25-18(22)20(7,23)19(5,6)15(4)21/h13-14,16-17,23H,8-12H2,1-7H3. The van der Waals surface area contributed by atoms with Crippen molar-refractivity contribution in [1.29, 1.82) is 0 Å². The van der Waals surface area contributed by atoms with Crippen LogP contribution in [0.1, 0.15) is 67.7 Å². The first-order valence-corrected chi connectivity index (χ1v) is 9.43. The highest BCUT2D eigenvalue weighted by molar-refractivity contribution is 5.92. The Labute approximate surface area is 152 Å². The Kier molecular flexibility index (Phi) is 7.63. The fraction of sp³-hybridized carbons (Fsp3) is 0.900. The molecule has 0 heterocycles. The molecule has 146 valence electrons. The molecule has 5 nitrogen and oxygen atoms in total. The van der Waals surface area contributed by atoms with Gasteiger partial charge in [-0.1, -0.05) is 27.2 Å². The Hall–Kier alpha value is -0.940. The lowest BCUT2D eigenvalue weighted by atomic mass is 9.73. The van der Waals surface area contributed by atoms with Gasteiger partial charge in [-0.3, -0.25) is 4.79 Å². The zero-order chi connectivity index (χ0) is 19.4. The van der Waals surface area contributed by atoms with E-state index in [9.17, 15) is 14.7 Å². The van der Waals surface area contributed by atoms with Crippen molar-refractivity contribution in [3.63, 3.8) is 0 Å². The van der Waals surface area contributed by atoms with Crippen LogP contribution in [0, 0.1) is 23.2 Å². The smallest absolute Gasteiger partial charge is 0.338 e. The van der Waals surface area contributed by atoms with Crippen molar-refractivity contribution < 1.29 is 24.2 Å². The van der Waals surface area contributed by atoms with E-state index in [1.807, 2.05) is 0 Å². The van der Waals surface area contributed by atoms with E-state index >= 15 is 0 Å². The third-order valence-electron chi connectivity index (χ3n) is 6.10. The fourth-order valence-corrected chi connectivity index (χ4v) is 3.38. The SMILES string of the molecule is CC(=O)C(C)(C)C(C)(O)C(=O)OCCOC1CC(C)CCC1C(C)C. The van der Waals surface area contributed by atoms with E-state index in [4.69, 9.17) is 9.47 Å². The van der Waals surface area contributed by atoms with Crippen LogP contribution >= 0.6 is 0 Å². The Morgan fingerprint density at radius 3 is 2.28 bits per heavy atom.